The molecule has 3 rings (SSSR count). The van der Waals surface area contributed by atoms with Gasteiger partial charge in [-0.2, -0.15) is 0 Å². The van der Waals surface area contributed by atoms with Gasteiger partial charge in [-0.25, -0.2) is 18.8 Å². The monoisotopic (exact) mass is 366 g/mol. The van der Waals surface area contributed by atoms with E-state index in [9.17, 15) is 13.6 Å². The number of aliphatic imine (C=N–C) groups is 1. The van der Waals surface area contributed by atoms with E-state index in [0.717, 1.165) is 0 Å². The molecule has 0 aliphatic carbocycles. The van der Waals surface area contributed by atoms with Crippen LogP contribution in [0, 0.1) is 0 Å². The van der Waals surface area contributed by atoms with Crippen LogP contribution in [0.2, 0.25) is 5.02 Å². The number of nitrogens with one attached hydrogen (secondary N) is 1. The molecule has 0 spiro atoms. The fraction of sp³-hybridized carbons (Fsp3) is 0.188. The van der Waals surface area contributed by atoms with Crippen molar-refractivity contribution >= 4 is 29.2 Å². The molecule has 1 unspecified atom stereocenters. The Balaban J connectivity index is 1.83. The van der Waals surface area contributed by atoms with Crippen LogP contribution in [0.15, 0.2) is 47.6 Å². The van der Waals surface area contributed by atoms with E-state index in [1.807, 2.05) is 0 Å². The molecule has 2 aromatic rings. The average molecular weight is 367 g/mol. The number of carbonyl (C=O) groups is 1. The predicted molar refractivity (Wildman–Crippen MR) is 88.9 cm³/mol. The van der Waals surface area contributed by atoms with E-state index in [2.05, 4.69) is 20.0 Å². The van der Waals surface area contributed by atoms with E-state index < -0.39 is 24.5 Å². The number of alkyl halides is 2. The van der Waals surface area contributed by atoms with Gasteiger partial charge in [0.1, 0.15) is 11.7 Å². The highest BCUT2D eigenvalue weighted by molar-refractivity contribution is 6.30. The van der Waals surface area contributed by atoms with Crippen LogP contribution >= 0.6 is 11.6 Å². The van der Waals surface area contributed by atoms with Gasteiger partial charge in [0.15, 0.2) is 6.61 Å². The van der Waals surface area contributed by atoms with E-state index >= 15 is 0 Å². The highest BCUT2D eigenvalue weighted by atomic mass is 35.5. The zero-order valence-corrected chi connectivity index (χ0v) is 13.5. The van der Waals surface area contributed by atoms with Crippen LogP contribution in [0.4, 0.5) is 14.5 Å². The number of benzene rings is 1. The highest BCUT2D eigenvalue weighted by Gasteiger charge is 2.44. The van der Waals surface area contributed by atoms with Crippen molar-refractivity contribution < 1.29 is 18.3 Å². The predicted octanol–water partition coefficient (Wildman–Crippen LogP) is 3.01. The molecule has 1 aliphatic heterocycles. The van der Waals surface area contributed by atoms with Crippen molar-refractivity contribution in [1.29, 1.82) is 0 Å². The van der Waals surface area contributed by atoms with Gasteiger partial charge in [-0.3, -0.25) is 4.79 Å². The lowest BCUT2D eigenvalue weighted by Crippen LogP contribution is -2.39. The van der Waals surface area contributed by atoms with Gasteiger partial charge >= 0.3 is 5.92 Å². The molecule has 9 heteroatoms. The topological polar surface area (TPSA) is 89.6 Å². The SMILES string of the molecule is NC1=NC(c2cccc(NC(=O)c3ccc(Cl)cn3)c2)C(F)(F)CO1. The number of anilines is 1. The maximum atomic E-state index is 14.0. The molecule has 0 fully saturated rings. The molecule has 1 aromatic heterocycles. The standard InChI is InChI=1S/C16H13ClF2N4O2/c17-10-4-5-12(21-7-10)14(24)22-11-3-1-2-9(6-11)13-16(18,19)8-25-15(20)23-13/h1-7,13H,8H2,(H2,20,23)(H,22,24). The summed E-state index contributed by atoms with van der Waals surface area (Å²) in [6, 6.07) is 7.21. The molecule has 3 N–H and O–H groups in total. The van der Waals surface area contributed by atoms with Gasteiger partial charge in [-0.05, 0) is 29.8 Å². The third-order valence-electron chi connectivity index (χ3n) is 3.49. The molecule has 1 amide bonds. The number of ether oxygens (including phenoxy) is 1. The summed E-state index contributed by atoms with van der Waals surface area (Å²) in [5, 5.41) is 2.99. The lowest BCUT2D eigenvalue weighted by atomic mass is 10.0. The van der Waals surface area contributed by atoms with Gasteiger partial charge in [-0.1, -0.05) is 23.7 Å². The molecule has 1 atom stereocenters. The van der Waals surface area contributed by atoms with Gasteiger partial charge in [0.05, 0.1) is 5.02 Å². The normalized spacial score (nSPS) is 18.8. The van der Waals surface area contributed by atoms with Gasteiger partial charge in [-0.15, -0.1) is 0 Å². The van der Waals surface area contributed by atoms with Gasteiger partial charge in [0.25, 0.3) is 11.9 Å². The summed E-state index contributed by atoms with van der Waals surface area (Å²) in [6.07, 6.45) is 1.34. The summed E-state index contributed by atoms with van der Waals surface area (Å²) in [5.41, 5.74) is 6.08. The number of hydrogen-bond acceptors (Lipinski definition) is 5. The van der Waals surface area contributed by atoms with Crippen molar-refractivity contribution in [2.45, 2.75) is 12.0 Å². The first-order valence-corrected chi connectivity index (χ1v) is 7.60. The smallest absolute Gasteiger partial charge is 0.307 e. The quantitative estimate of drug-likeness (QED) is 0.873. The van der Waals surface area contributed by atoms with Crippen LogP contribution in [-0.4, -0.2) is 29.4 Å². The van der Waals surface area contributed by atoms with E-state index in [0.29, 0.717) is 10.7 Å². The summed E-state index contributed by atoms with van der Waals surface area (Å²) < 4.78 is 32.7. The number of aromatic nitrogens is 1. The van der Waals surface area contributed by atoms with Crippen molar-refractivity contribution in [3.8, 4) is 0 Å². The second-order valence-corrected chi connectivity index (χ2v) is 5.80. The lowest BCUT2D eigenvalue weighted by Gasteiger charge is -2.28. The molecular formula is C16H13ClF2N4O2. The molecule has 130 valence electrons. The zero-order chi connectivity index (χ0) is 18.0. The first-order valence-electron chi connectivity index (χ1n) is 7.22. The maximum Gasteiger partial charge on any atom is 0.307 e. The van der Waals surface area contributed by atoms with Gasteiger partial charge in [0, 0.05) is 11.9 Å². The lowest BCUT2D eigenvalue weighted by molar-refractivity contribution is -0.0781. The Bertz CT molecular complexity index is 827. The number of carbonyl (C=O) groups excluding carboxylic acids is 1. The fourth-order valence-corrected chi connectivity index (χ4v) is 2.43. The molecule has 6 nitrogen and oxygen atoms in total. The van der Waals surface area contributed by atoms with Crippen LogP contribution in [0.3, 0.4) is 0 Å². The second kappa shape index (κ2) is 6.64. The third-order valence-corrected chi connectivity index (χ3v) is 3.71. The Morgan fingerprint density at radius 1 is 1.36 bits per heavy atom. The van der Waals surface area contributed by atoms with E-state index in [4.69, 9.17) is 17.3 Å². The Morgan fingerprint density at radius 2 is 2.16 bits per heavy atom. The first kappa shape index (κ1) is 17.1. The molecule has 0 saturated heterocycles. The molecular weight excluding hydrogens is 354 g/mol. The summed E-state index contributed by atoms with van der Waals surface area (Å²) >= 11 is 5.72. The van der Waals surface area contributed by atoms with E-state index in [1.54, 1.807) is 6.07 Å². The number of nitrogens with zero attached hydrogens (tertiary/aromatic N) is 2. The molecule has 0 radical (unpaired) electrons. The zero-order valence-electron chi connectivity index (χ0n) is 12.7. The summed E-state index contributed by atoms with van der Waals surface area (Å²) in [6.45, 7) is -0.849. The van der Waals surface area contributed by atoms with Crippen LogP contribution in [0.1, 0.15) is 22.1 Å². The number of amides is 1. The number of nitrogens with two attached hydrogens (primary N) is 1. The second-order valence-electron chi connectivity index (χ2n) is 5.36. The maximum absolute atomic E-state index is 14.0. The molecule has 1 aromatic carbocycles. The molecule has 0 saturated carbocycles. The minimum atomic E-state index is -3.21. The Labute approximate surface area is 146 Å². The minimum absolute atomic E-state index is 0.147. The van der Waals surface area contributed by atoms with Crippen molar-refractivity contribution in [3.05, 3.63) is 58.9 Å². The van der Waals surface area contributed by atoms with Crippen LogP contribution in [0.25, 0.3) is 0 Å². The van der Waals surface area contributed by atoms with E-state index in [-0.39, 0.29) is 17.3 Å². The van der Waals surface area contributed by atoms with Crippen molar-refractivity contribution in [1.82, 2.24) is 4.98 Å². The molecule has 2 heterocycles. The summed E-state index contributed by atoms with van der Waals surface area (Å²) in [5.74, 6) is -3.70. The van der Waals surface area contributed by atoms with E-state index in [1.165, 1.54) is 36.5 Å². The fourth-order valence-electron chi connectivity index (χ4n) is 2.32. The molecule has 0 bridgehead atoms. The van der Waals surface area contributed by atoms with Crippen molar-refractivity contribution in [2.75, 3.05) is 11.9 Å². The number of rotatable bonds is 3. The average Bonchev–Trinajstić information content (AvgIpc) is 2.58. The van der Waals surface area contributed by atoms with Crippen LogP contribution < -0.4 is 11.1 Å². The Hall–Kier alpha value is -2.74. The number of amidine groups is 1. The largest absolute Gasteiger partial charge is 0.459 e. The minimum Gasteiger partial charge on any atom is -0.459 e. The summed E-state index contributed by atoms with van der Waals surface area (Å²) in [4.78, 5) is 19.7. The number of hydrogen-bond donors (Lipinski definition) is 2. The highest BCUT2D eigenvalue weighted by Crippen LogP contribution is 2.38. The Kier molecular flexibility index (Phi) is 4.54. The van der Waals surface area contributed by atoms with Crippen molar-refractivity contribution in [3.63, 3.8) is 0 Å². The van der Waals surface area contributed by atoms with Gasteiger partial charge in [0.2, 0.25) is 0 Å². The van der Waals surface area contributed by atoms with Gasteiger partial charge < -0.3 is 15.8 Å². The third kappa shape index (κ3) is 3.85. The summed E-state index contributed by atoms with van der Waals surface area (Å²) in [7, 11) is 0. The number of pyridine rings is 1. The van der Waals surface area contributed by atoms with Crippen LogP contribution in [-0.2, 0) is 4.74 Å². The first-order chi connectivity index (χ1) is 11.8. The van der Waals surface area contributed by atoms with Crippen LogP contribution in [0.5, 0.6) is 0 Å². The Morgan fingerprint density at radius 3 is 2.88 bits per heavy atom. The number of halogens is 3. The molecule has 1 aliphatic rings. The van der Waals surface area contributed by atoms with Crippen molar-refractivity contribution in [2.24, 2.45) is 10.7 Å². The molecule has 25 heavy (non-hydrogen) atoms.